The molecule has 0 aliphatic carbocycles. The van der Waals surface area contributed by atoms with E-state index in [4.69, 9.17) is 18.9 Å². The molecule has 0 unspecified atom stereocenters. The maximum atomic E-state index is 12.7. The summed E-state index contributed by atoms with van der Waals surface area (Å²) in [5.41, 5.74) is 1.15. The minimum atomic E-state index is -0.820. The lowest BCUT2D eigenvalue weighted by molar-refractivity contribution is -0.118. The molecule has 34 heavy (non-hydrogen) atoms. The highest BCUT2D eigenvalue weighted by atomic mass is 16.7. The first-order chi connectivity index (χ1) is 16.5. The molecule has 3 aromatic rings. The molecule has 2 amide bonds. The predicted octanol–water partition coefficient (Wildman–Crippen LogP) is 4.50. The molecule has 9 nitrogen and oxygen atoms in total. The SMILES string of the molecule is CCOC(=O)Oc1ccc(C(=O)Nc2ccccc2NC(=O)COc2ccccc2OC)cc1. The second-order valence-corrected chi connectivity index (χ2v) is 6.80. The van der Waals surface area contributed by atoms with Gasteiger partial charge in [-0.15, -0.1) is 0 Å². The Morgan fingerprint density at radius 2 is 1.41 bits per heavy atom. The number of anilines is 2. The Morgan fingerprint density at radius 3 is 2.06 bits per heavy atom. The summed E-state index contributed by atoms with van der Waals surface area (Å²) in [6, 6.07) is 19.8. The molecule has 0 fully saturated rings. The van der Waals surface area contributed by atoms with Gasteiger partial charge in [-0.25, -0.2) is 4.79 Å². The summed E-state index contributed by atoms with van der Waals surface area (Å²) in [6.45, 7) is 1.62. The van der Waals surface area contributed by atoms with Crippen LogP contribution < -0.4 is 24.8 Å². The van der Waals surface area contributed by atoms with Crippen LogP contribution in [0.5, 0.6) is 17.2 Å². The lowest BCUT2D eigenvalue weighted by atomic mass is 10.2. The molecule has 0 aliphatic heterocycles. The molecule has 0 heterocycles. The number of carbonyl (C=O) groups excluding carboxylic acids is 3. The van der Waals surface area contributed by atoms with E-state index in [0.29, 0.717) is 28.4 Å². The second kappa shape index (κ2) is 11.9. The van der Waals surface area contributed by atoms with Gasteiger partial charge < -0.3 is 29.6 Å². The third-order valence-electron chi connectivity index (χ3n) is 4.46. The maximum absolute atomic E-state index is 12.7. The number of rotatable bonds is 9. The van der Waals surface area contributed by atoms with Crippen LogP contribution in [-0.4, -0.2) is 38.3 Å². The van der Waals surface area contributed by atoms with Crippen molar-refractivity contribution in [3.63, 3.8) is 0 Å². The van der Waals surface area contributed by atoms with E-state index in [0.717, 1.165) is 0 Å². The monoisotopic (exact) mass is 464 g/mol. The number of nitrogens with one attached hydrogen (secondary N) is 2. The standard InChI is InChI=1S/C25H24N2O7/c1-3-32-25(30)34-18-14-12-17(13-15-18)24(29)27-20-9-5-4-8-19(20)26-23(28)16-33-22-11-7-6-10-21(22)31-2/h4-15H,3,16H2,1-2H3,(H,26,28)(H,27,29). The number of ether oxygens (including phenoxy) is 4. The molecular formula is C25H24N2O7. The smallest absolute Gasteiger partial charge is 0.493 e. The molecule has 2 N–H and O–H groups in total. The van der Waals surface area contributed by atoms with Crippen LogP contribution in [0.3, 0.4) is 0 Å². The van der Waals surface area contributed by atoms with E-state index in [-0.39, 0.29) is 19.0 Å². The highest BCUT2D eigenvalue weighted by Crippen LogP contribution is 2.26. The largest absolute Gasteiger partial charge is 0.513 e. The van der Waals surface area contributed by atoms with Gasteiger partial charge in [-0.1, -0.05) is 24.3 Å². The summed E-state index contributed by atoms with van der Waals surface area (Å²) in [7, 11) is 1.52. The van der Waals surface area contributed by atoms with Crippen molar-refractivity contribution in [3.8, 4) is 17.2 Å². The van der Waals surface area contributed by atoms with Gasteiger partial charge in [-0.05, 0) is 55.5 Å². The number of hydrogen-bond acceptors (Lipinski definition) is 7. The number of carbonyl (C=O) groups is 3. The number of amides is 2. The Kier molecular flexibility index (Phi) is 8.45. The second-order valence-electron chi connectivity index (χ2n) is 6.80. The van der Waals surface area contributed by atoms with Gasteiger partial charge in [0.05, 0.1) is 25.1 Å². The van der Waals surface area contributed by atoms with E-state index >= 15 is 0 Å². The van der Waals surface area contributed by atoms with E-state index in [1.54, 1.807) is 55.5 Å². The number of para-hydroxylation sites is 4. The van der Waals surface area contributed by atoms with Crippen molar-refractivity contribution in [2.75, 3.05) is 31.0 Å². The van der Waals surface area contributed by atoms with Crippen LogP contribution >= 0.6 is 0 Å². The predicted molar refractivity (Wildman–Crippen MR) is 126 cm³/mol. The molecule has 0 aliphatic rings. The van der Waals surface area contributed by atoms with E-state index in [9.17, 15) is 14.4 Å². The van der Waals surface area contributed by atoms with E-state index in [1.807, 2.05) is 0 Å². The van der Waals surface area contributed by atoms with Gasteiger partial charge in [0, 0.05) is 5.56 Å². The van der Waals surface area contributed by atoms with Gasteiger partial charge in [0.25, 0.3) is 11.8 Å². The molecule has 0 spiro atoms. The summed E-state index contributed by atoms with van der Waals surface area (Å²) in [6.07, 6.45) is -0.820. The van der Waals surface area contributed by atoms with Crippen LogP contribution in [0.4, 0.5) is 16.2 Å². The molecule has 0 saturated heterocycles. The van der Waals surface area contributed by atoms with Crippen LogP contribution in [0, 0.1) is 0 Å². The molecule has 0 atom stereocenters. The molecule has 0 aromatic heterocycles. The summed E-state index contributed by atoms with van der Waals surface area (Å²) < 4.78 is 20.4. The van der Waals surface area contributed by atoms with Gasteiger partial charge in [0.2, 0.25) is 0 Å². The van der Waals surface area contributed by atoms with Crippen molar-refractivity contribution >= 4 is 29.3 Å². The minimum Gasteiger partial charge on any atom is -0.493 e. The van der Waals surface area contributed by atoms with Crippen molar-refractivity contribution in [1.82, 2.24) is 0 Å². The maximum Gasteiger partial charge on any atom is 0.513 e. The van der Waals surface area contributed by atoms with Gasteiger partial charge in [0.1, 0.15) is 5.75 Å². The molecule has 0 saturated carbocycles. The van der Waals surface area contributed by atoms with Crippen LogP contribution in [0.15, 0.2) is 72.8 Å². The van der Waals surface area contributed by atoms with Crippen LogP contribution in [-0.2, 0) is 9.53 Å². The van der Waals surface area contributed by atoms with Crippen molar-refractivity contribution < 1.29 is 33.3 Å². The first kappa shape index (κ1) is 24.1. The zero-order valence-electron chi connectivity index (χ0n) is 18.7. The molecule has 3 rings (SSSR count). The molecule has 0 radical (unpaired) electrons. The fourth-order valence-electron chi connectivity index (χ4n) is 2.88. The Bertz CT molecular complexity index is 1150. The van der Waals surface area contributed by atoms with Gasteiger partial charge >= 0.3 is 6.16 Å². The van der Waals surface area contributed by atoms with Crippen molar-refractivity contribution in [2.24, 2.45) is 0 Å². The highest BCUT2D eigenvalue weighted by molar-refractivity contribution is 6.07. The van der Waals surface area contributed by atoms with E-state index in [1.165, 1.54) is 31.4 Å². The lowest BCUT2D eigenvalue weighted by Gasteiger charge is -2.14. The van der Waals surface area contributed by atoms with Crippen molar-refractivity contribution in [3.05, 3.63) is 78.4 Å². The third kappa shape index (κ3) is 6.73. The number of methoxy groups -OCH3 is 1. The number of hydrogen-bond donors (Lipinski definition) is 2. The normalized spacial score (nSPS) is 10.1. The summed E-state index contributed by atoms with van der Waals surface area (Å²) in [5.74, 6) is 0.388. The van der Waals surface area contributed by atoms with Crippen molar-refractivity contribution in [1.29, 1.82) is 0 Å². The van der Waals surface area contributed by atoms with Gasteiger partial charge in [-0.2, -0.15) is 0 Å². The quantitative estimate of drug-likeness (QED) is 0.354. The fraction of sp³-hybridized carbons (Fsp3) is 0.160. The average Bonchev–Trinajstić information content (AvgIpc) is 2.84. The van der Waals surface area contributed by atoms with Gasteiger partial charge in [0.15, 0.2) is 18.1 Å². The Balaban J connectivity index is 1.60. The first-order valence-electron chi connectivity index (χ1n) is 10.4. The van der Waals surface area contributed by atoms with Crippen LogP contribution in [0.25, 0.3) is 0 Å². The Hall–Kier alpha value is -4.53. The van der Waals surface area contributed by atoms with Gasteiger partial charge in [-0.3, -0.25) is 9.59 Å². The molecule has 0 bridgehead atoms. The Labute approximate surface area is 196 Å². The Morgan fingerprint density at radius 1 is 0.794 bits per heavy atom. The molecule has 9 heteroatoms. The van der Waals surface area contributed by atoms with Crippen LogP contribution in [0.1, 0.15) is 17.3 Å². The first-order valence-corrected chi connectivity index (χ1v) is 10.4. The van der Waals surface area contributed by atoms with E-state index < -0.39 is 18.0 Å². The fourth-order valence-corrected chi connectivity index (χ4v) is 2.88. The molecular weight excluding hydrogens is 440 g/mol. The average molecular weight is 464 g/mol. The zero-order valence-corrected chi connectivity index (χ0v) is 18.7. The van der Waals surface area contributed by atoms with Crippen molar-refractivity contribution in [2.45, 2.75) is 6.92 Å². The third-order valence-corrected chi connectivity index (χ3v) is 4.46. The zero-order chi connectivity index (χ0) is 24.3. The summed E-state index contributed by atoms with van der Waals surface area (Å²) in [5, 5.41) is 5.48. The minimum absolute atomic E-state index is 0.196. The highest BCUT2D eigenvalue weighted by Gasteiger charge is 2.13. The van der Waals surface area contributed by atoms with Crippen LogP contribution in [0.2, 0.25) is 0 Å². The topological polar surface area (TPSA) is 112 Å². The molecule has 176 valence electrons. The lowest BCUT2D eigenvalue weighted by Crippen LogP contribution is -2.22. The number of benzene rings is 3. The summed E-state index contributed by atoms with van der Waals surface area (Å²) in [4.78, 5) is 36.5. The molecule has 3 aromatic carbocycles. The summed E-state index contributed by atoms with van der Waals surface area (Å²) >= 11 is 0. The van der Waals surface area contributed by atoms with E-state index in [2.05, 4.69) is 10.6 Å².